The number of nitrogens with zero attached hydrogens (tertiary/aromatic N) is 1. The number of halogens is 1. The Kier molecular flexibility index (Phi) is 3.70. The minimum atomic E-state index is -0.841. The monoisotopic (exact) mass is 290 g/mol. The highest BCUT2D eigenvalue weighted by Crippen LogP contribution is 2.32. The second-order valence-corrected chi connectivity index (χ2v) is 5.19. The molecule has 0 amide bonds. The van der Waals surface area contributed by atoms with Gasteiger partial charge in [-0.05, 0) is 37.0 Å². The van der Waals surface area contributed by atoms with Crippen LogP contribution < -0.4 is 5.32 Å². The third kappa shape index (κ3) is 3.28. The molecule has 1 aromatic heterocycles. The Balaban J connectivity index is 1.66. The van der Waals surface area contributed by atoms with Gasteiger partial charge in [-0.15, -0.1) is 0 Å². The zero-order valence-electron chi connectivity index (χ0n) is 11.3. The summed E-state index contributed by atoms with van der Waals surface area (Å²) < 4.78 is 18.5. The zero-order valence-corrected chi connectivity index (χ0v) is 11.3. The molecule has 1 aliphatic carbocycles. The molecule has 1 aliphatic rings. The third-order valence-corrected chi connectivity index (χ3v) is 3.49. The van der Waals surface area contributed by atoms with Crippen LogP contribution in [0.2, 0.25) is 0 Å². The summed E-state index contributed by atoms with van der Waals surface area (Å²) in [6.07, 6.45) is 3.34. The summed E-state index contributed by atoms with van der Waals surface area (Å²) in [5.41, 5.74) is 1.15. The SMILES string of the molecule is O=C(O)C(NCc1coc(-c2cccc(F)c2)n1)C1CC1. The van der Waals surface area contributed by atoms with Crippen molar-refractivity contribution in [2.75, 3.05) is 0 Å². The molecule has 1 saturated carbocycles. The fourth-order valence-corrected chi connectivity index (χ4v) is 2.24. The van der Waals surface area contributed by atoms with Crippen LogP contribution in [0.3, 0.4) is 0 Å². The van der Waals surface area contributed by atoms with Crippen molar-refractivity contribution < 1.29 is 18.7 Å². The van der Waals surface area contributed by atoms with Crippen LogP contribution in [-0.2, 0) is 11.3 Å². The lowest BCUT2D eigenvalue weighted by molar-refractivity contribution is -0.140. The van der Waals surface area contributed by atoms with Crippen molar-refractivity contribution in [1.82, 2.24) is 10.3 Å². The first-order valence-corrected chi connectivity index (χ1v) is 6.80. The molecule has 3 rings (SSSR count). The van der Waals surface area contributed by atoms with Gasteiger partial charge in [-0.25, -0.2) is 9.37 Å². The number of oxazole rings is 1. The van der Waals surface area contributed by atoms with Crippen molar-refractivity contribution >= 4 is 5.97 Å². The predicted octanol–water partition coefficient (Wildman–Crippen LogP) is 2.43. The van der Waals surface area contributed by atoms with Crippen LogP contribution in [0.4, 0.5) is 4.39 Å². The Morgan fingerprint density at radius 3 is 3.00 bits per heavy atom. The maximum absolute atomic E-state index is 13.2. The molecule has 5 nitrogen and oxygen atoms in total. The molecule has 0 saturated heterocycles. The molecule has 2 N–H and O–H groups in total. The molecule has 6 heteroatoms. The average molecular weight is 290 g/mol. The number of rotatable bonds is 6. The highest BCUT2D eigenvalue weighted by atomic mass is 19.1. The molecule has 0 spiro atoms. The van der Waals surface area contributed by atoms with E-state index in [1.54, 1.807) is 12.1 Å². The molecule has 1 heterocycles. The largest absolute Gasteiger partial charge is 0.480 e. The highest BCUT2D eigenvalue weighted by Gasteiger charge is 2.35. The minimum Gasteiger partial charge on any atom is -0.480 e. The summed E-state index contributed by atoms with van der Waals surface area (Å²) in [4.78, 5) is 15.4. The molecule has 1 unspecified atom stereocenters. The molecule has 1 aromatic carbocycles. The van der Waals surface area contributed by atoms with E-state index in [1.807, 2.05) is 0 Å². The van der Waals surface area contributed by atoms with E-state index in [-0.39, 0.29) is 11.7 Å². The van der Waals surface area contributed by atoms with Gasteiger partial charge < -0.3 is 9.52 Å². The zero-order chi connectivity index (χ0) is 14.8. The molecule has 110 valence electrons. The fourth-order valence-electron chi connectivity index (χ4n) is 2.24. The Hall–Kier alpha value is -2.21. The van der Waals surface area contributed by atoms with Crippen LogP contribution in [0, 0.1) is 11.7 Å². The number of nitrogens with one attached hydrogen (secondary N) is 1. The first-order valence-electron chi connectivity index (χ1n) is 6.80. The van der Waals surface area contributed by atoms with E-state index in [2.05, 4.69) is 10.3 Å². The number of aliphatic carboxylic acids is 1. The van der Waals surface area contributed by atoms with Crippen LogP contribution in [-0.4, -0.2) is 22.1 Å². The second kappa shape index (κ2) is 5.65. The molecule has 1 fully saturated rings. The number of aromatic nitrogens is 1. The van der Waals surface area contributed by atoms with Gasteiger partial charge in [0, 0.05) is 12.1 Å². The third-order valence-electron chi connectivity index (χ3n) is 3.49. The van der Waals surface area contributed by atoms with Crippen molar-refractivity contribution in [3.05, 3.63) is 42.0 Å². The van der Waals surface area contributed by atoms with Gasteiger partial charge >= 0.3 is 5.97 Å². The van der Waals surface area contributed by atoms with Crippen LogP contribution in [0.15, 0.2) is 34.9 Å². The molecule has 0 bridgehead atoms. The minimum absolute atomic E-state index is 0.206. The van der Waals surface area contributed by atoms with E-state index in [0.29, 0.717) is 23.7 Å². The highest BCUT2D eigenvalue weighted by molar-refractivity contribution is 5.74. The van der Waals surface area contributed by atoms with Gasteiger partial charge in [0.1, 0.15) is 18.1 Å². The van der Waals surface area contributed by atoms with E-state index in [9.17, 15) is 9.18 Å². The summed E-state index contributed by atoms with van der Waals surface area (Å²) in [7, 11) is 0. The first kappa shape index (κ1) is 13.8. The lowest BCUT2D eigenvalue weighted by atomic mass is 10.2. The van der Waals surface area contributed by atoms with Crippen LogP contribution in [0.1, 0.15) is 18.5 Å². The summed E-state index contributed by atoms with van der Waals surface area (Å²) >= 11 is 0. The summed E-state index contributed by atoms with van der Waals surface area (Å²) in [6.45, 7) is 0.312. The number of benzene rings is 1. The topological polar surface area (TPSA) is 75.4 Å². The van der Waals surface area contributed by atoms with Gasteiger partial charge in [0.05, 0.1) is 5.69 Å². The molecule has 2 aromatic rings. The second-order valence-electron chi connectivity index (χ2n) is 5.19. The van der Waals surface area contributed by atoms with E-state index < -0.39 is 12.0 Å². The maximum Gasteiger partial charge on any atom is 0.320 e. The maximum atomic E-state index is 13.2. The smallest absolute Gasteiger partial charge is 0.320 e. The molecule has 1 atom stereocenters. The van der Waals surface area contributed by atoms with Crippen LogP contribution in [0.5, 0.6) is 0 Å². The fraction of sp³-hybridized carbons (Fsp3) is 0.333. The number of carboxylic acids is 1. The molecular formula is C15H15FN2O3. The molecule has 21 heavy (non-hydrogen) atoms. The first-order chi connectivity index (χ1) is 10.1. The van der Waals surface area contributed by atoms with Gasteiger partial charge in [-0.2, -0.15) is 0 Å². The van der Waals surface area contributed by atoms with Gasteiger partial charge in [0.25, 0.3) is 0 Å². The van der Waals surface area contributed by atoms with Crippen LogP contribution in [0.25, 0.3) is 11.5 Å². The van der Waals surface area contributed by atoms with Crippen molar-refractivity contribution in [2.45, 2.75) is 25.4 Å². The Morgan fingerprint density at radius 2 is 2.33 bits per heavy atom. The number of carboxylic acid groups (broad SMARTS) is 1. The van der Waals surface area contributed by atoms with Crippen molar-refractivity contribution in [2.24, 2.45) is 5.92 Å². The van der Waals surface area contributed by atoms with Gasteiger partial charge in [0.15, 0.2) is 0 Å². The predicted molar refractivity (Wildman–Crippen MR) is 72.9 cm³/mol. The van der Waals surface area contributed by atoms with Crippen molar-refractivity contribution in [3.8, 4) is 11.5 Å². The van der Waals surface area contributed by atoms with Gasteiger partial charge in [0.2, 0.25) is 5.89 Å². The number of hydrogen-bond acceptors (Lipinski definition) is 4. The van der Waals surface area contributed by atoms with E-state index in [4.69, 9.17) is 9.52 Å². The van der Waals surface area contributed by atoms with E-state index in [0.717, 1.165) is 12.8 Å². The summed E-state index contributed by atoms with van der Waals surface area (Å²) in [5.74, 6) is -0.668. The van der Waals surface area contributed by atoms with Crippen LogP contribution >= 0.6 is 0 Å². The van der Waals surface area contributed by atoms with Crippen molar-refractivity contribution in [1.29, 1.82) is 0 Å². The molecule has 0 radical (unpaired) electrons. The Morgan fingerprint density at radius 1 is 1.52 bits per heavy atom. The average Bonchev–Trinajstić information content (AvgIpc) is 3.16. The summed E-state index contributed by atoms with van der Waals surface area (Å²) in [6, 6.07) is 5.44. The van der Waals surface area contributed by atoms with Crippen molar-refractivity contribution in [3.63, 3.8) is 0 Å². The van der Waals surface area contributed by atoms with E-state index >= 15 is 0 Å². The van der Waals surface area contributed by atoms with E-state index in [1.165, 1.54) is 18.4 Å². The Bertz CT molecular complexity index is 652. The molecular weight excluding hydrogens is 275 g/mol. The lowest BCUT2D eigenvalue weighted by Crippen LogP contribution is -2.38. The summed E-state index contributed by atoms with van der Waals surface area (Å²) in [5, 5.41) is 12.1. The van der Waals surface area contributed by atoms with Gasteiger partial charge in [-0.1, -0.05) is 6.07 Å². The normalized spacial score (nSPS) is 15.9. The standard InChI is InChI=1S/C15H15FN2O3/c16-11-3-1-2-10(6-11)14-18-12(8-21-14)7-17-13(15(19)20)9-4-5-9/h1-3,6,8-9,13,17H,4-5,7H2,(H,19,20). The molecule has 0 aliphatic heterocycles. The lowest BCUT2D eigenvalue weighted by Gasteiger charge is -2.11. The number of carbonyl (C=O) groups is 1. The van der Waals surface area contributed by atoms with Gasteiger partial charge in [-0.3, -0.25) is 10.1 Å². The Labute approximate surface area is 120 Å². The number of hydrogen-bond donors (Lipinski definition) is 2. The quantitative estimate of drug-likeness (QED) is 0.854.